The summed E-state index contributed by atoms with van der Waals surface area (Å²) in [7, 11) is 3.24. The Morgan fingerprint density at radius 3 is 2.21 bits per heavy atom. The van der Waals surface area contributed by atoms with Crippen molar-refractivity contribution in [1.29, 1.82) is 0 Å². The number of carbonyl (C=O) groups excluding carboxylic acids is 2. The first-order valence-corrected chi connectivity index (χ1v) is 15.0. The predicted molar refractivity (Wildman–Crippen MR) is 167 cm³/mol. The highest BCUT2D eigenvalue weighted by atomic mass is 35.5. The number of nitrogens with zero attached hydrogens (tertiary/aromatic N) is 3. The molecule has 2 heterocycles. The fraction of sp³-hybridized carbons (Fsp3) is 0.394. The van der Waals surface area contributed by atoms with Gasteiger partial charge in [0.2, 0.25) is 11.8 Å². The molecule has 0 spiro atoms. The zero-order chi connectivity index (χ0) is 29.5. The first-order chi connectivity index (χ1) is 20.5. The van der Waals surface area contributed by atoms with Gasteiger partial charge in [0.05, 0.1) is 26.2 Å². The van der Waals surface area contributed by atoms with Crippen molar-refractivity contribution in [3.05, 3.63) is 83.4 Å². The van der Waals surface area contributed by atoms with Gasteiger partial charge < -0.3 is 24.6 Å². The number of hydrogen-bond acceptors (Lipinski definition) is 6. The van der Waals surface area contributed by atoms with E-state index in [4.69, 9.17) is 21.1 Å². The highest BCUT2D eigenvalue weighted by Gasteiger charge is 2.41. The zero-order valence-electron chi connectivity index (χ0n) is 24.3. The lowest BCUT2D eigenvalue weighted by Gasteiger charge is -2.41. The number of methoxy groups -OCH3 is 2. The smallest absolute Gasteiger partial charge is 0.227 e. The van der Waals surface area contributed by atoms with Crippen LogP contribution < -0.4 is 24.6 Å². The Balaban J connectivity index is 1.21. The Bertz CT molecular complexity index is 1340. The van der Waals surface area contributed by atoms with E-state index in [9.17, 15) is 9.59 Å². The van der Waals surface area contributed by atoms with Crippen molar-refractivity contribution >= 4 is 34.8 Å². The Kier molecular flexibility index (Phi) is 9.87. The molecule has 0 unspecified atom stereocenters. The van der Waals surface area contributed by atoms with Crippen molar-refractivity contribution in [1.82, 2.24) is 10.2 Å². The van der Waals surface area contributed by atoms with Crippen LogP contribution in [0.2, 0.25) is 5.02 Å². The lowest BCUT2D eigenvalue weighted by molar-refractivity contribution is -0.129. The molecule has 2 aliphatic rings. The second-order valence-corrected chi connectivity index (χ2v) is 11.2. The van der Waals surface area contributed by atoms with E-state index in [1.165, 1.54) is 0 Å². The maximum Gasteiger partial charge on any atom is 0.227 e. The van der Waals surface area contributed by atoms with E-state index in [-0.39, 0.29) is 17.7 Å². The molecule has 0 saturated carbocycles. The van der Waals surface area contributed by atoms with E-state index in [1.54, 1.807) is 19.1 Å². The fourth-order valence-electron chi connectivity index (χ4n) is 5.94. The van der Waals surface area contributed by atoms with Crippen LogP contribution in [0.1, 0.15) is 30.9 Å². The van der Waals surface area contributed by atoms with Crippen molar-refractivity contribution in [2.75, 3.05) is 63.3 Å². The SMILES string of the molecule is COc1ccc([C@H]2[C@@H](C(=O)NCCCN3CCN(c4cccc(Cl)c4)CC3)CCC(=O)N2c2ccc(OC)cc2)cc1. The summed E-state index contributed by atoms with van der Waals surface area (Å²) in [6.07, 6.45) is 1.68. The topological polar surface area (TPSA) is 74.4 Å². The van der Waals surface area contributed by atoms with Crippen LogP contribution in [-0.4, -0.2) is 70.2 Å². The molecule has 9 heteroatoms. The number of nitrogens with one attached hydrogen (secondary N) is 1. The molecule has 0 aliphatic carbocycles. The van der Waals surface area contributed by atoms with Crippen LogP contribution in [0.4, 0.5) is 11.4 Å². The van der Waals surface area contributed by atoms with Gasteiger partial charge in [-0.05, 0) is 79.5 Å². The minimum Gasteiger partial charge on any atom is -0.497 e. The summed E-state index contributed by atoms with van der Waals surface area (Å²) < 4.78 is 10.7. The number of piperazine rings is 1. The molecule has 5 rings (SSSR count). The van der Waals surface area contributed by atoms with Crippen molar-refractivity contribution in [3.63, 3.8) is 0 Å². The molecule has 3 aromatic rings. The third-order valence-electron chi connectivity index (χ3n) is 8.24. The van der Waals surface area contributed by atoms with Gasteiger partial charge in [0, 0.05) is 55.5 Å². The molecule has 0 bridgehead atoms. The van der Waals surface area contributed by atoms with Gasteiger partial charge in [-0.25, -0.2) is 0 Å². The molecule has 0 aromatic heterocycles. The van der Waals surface area contributed by atoms with Gasteiger partial charge >= 0.3 is 0 Å². The highest BCUT2D eigenvalue weighted by Crippen LogP contribution is 2.41. The summed E-state index contributed by atoms with van der Waals surface area (Å²) in [4.78, 5) is 33.5. The van der Waals surface area contributed by atoms with Crippen LogP contribution in [0.3, 0.4) is 0 Å². The number of amides is 2. The van der Waals surface area contributed by atoms with Crippen molar-refractivity contribution < 1.29 is 19.1 Å². The normalized spacial score (nSPS) is 19.5. The van der Waals surface area contributed by atoms with Gasteiger partial charge in [-0.3, -0.25) is 14.5 Å². The largest absolute Gasteiger partial charge is 0.497 e. The third-order valence-corrected chi connectivity index (χ3v) is 8.47. The lowest BCUT2D eigenvalue weighted by Crippen LogP contribution is -2.49. The number of hydrogen-bond donors (Lipinski definition) is 1. The average molecular weight is 591 g/mol. The Morgan fingerprint density at radius 1 is 0.905 bits per heavy atom. The van der Waals surface area contributed by atoms with Crippen LogP contribution in [0, 0.1) is 5.92 Å². The van der Waals surface area contributed by atoms with Crippen LogP contribution in [0.15, 0.2) is 72.8 Å². The minimum absolute atomic E-state index is 0.00181. The fourth-order valence-corrected chi connectivity index (χ4v) is 6.13. The van der Waals surface area contributed by atoms with Gasteiger partial charge in [0.25, 0.3) is 0 Å². The monoisotopic (exact) mass is 590 g/mol. The summed E-state index contributed by atoms with van der Waals surface area (Å²) in [6, 6.07) is 22.7. The molecular formula is C33H39ClN4O4. The number of carbonyl (C=O) groups is 2. The van der Waals surface area contributed by atoms with E-state index < -0.39 is 6.04 Å². The second-order valence-electron chi connectivity index (χ2n) is 10.8. The predicted octanol–water partition coefficient (Wildman–Crippen LogP) is 5.17. The van der Waals surface area contributed by atoms with Gasteiger partial charge in [-0.15, -0.1) is 0 Å². The van der Waals surface area contributed by atoms with Gasteiger partial charge in [-0.2, -0.15) is 0 Å². The van der Waals surface area contributed by atoms with Crippen LogP contribution in [-0.2, 0) is 9.59 Å². The molecule has 2 fully saturated rings. The standard InChI is InChI=1S/C33H39ClN4O4/c1-41-28-11-7-24(8-12-28)32-30(15-16-31(39)38(32)26-9-13-29(42-2)14-10-26)33(40)35-17-4-18-36-19-21-37(22-20-36)27-6-3-5-25(34)23-27/h3,5-14,23,30,32H,4,15-22H2,1-2H3,(H,35,40)/t30-,32-/m0/s1. The number of ether oxygens (including phenoxy) is 2. The third kappa shape index (κ3) is 6.99. The number of halogens is 1. The number of piperidine rings is 1. The van der Waals surface area contributed by atoms with Crippen molar-refractivity contribution in [2.24, 2.45) is 5.92 Å². The average Bonchev–Trinajstić information content (AvgIpc) is 3.03. The maximum absolute atomic E-state index is 13.6. The molecule has 2 atom stereocenters. The van der Waals surface area contributed by atoms with Crippen molar-refractivity contribution in [2.45, 2.75) is 25.3 Å². The van der Waals surface area contributed by atoms with E-state index in [1.807, 2.05) is 66.7 Å². The molecule has 222 valence electrons. The summed E-state index contributed by atoms with van der Waals surface area (Å²) in [6.45, 7) is 5.37. The summed E-state index contributed by atoms with van der Waals surface area (Å²) >= 11 is 6.17. The Hall–Kier alpha value is -3.75. The van der Waals surface area contributed by atoms with Crippen molar-refractivity contribution in [3.8, 4) is 11.5 Å². The molecule has 0 radical (unpaired) electrons. The van der Waals surface area contributed by atoms with Gasteiger partial charge in [-0.1, -0.05) is 29.8 Å². The second kappa shape index (κ2) is 13.9. The number of rotatable bonds is 10. The molecule has 8 nitrogen and oxygen atoms in total. The first-order valence-electron chi connectivity index (χ1n) is 14.6. The Morgan fingerprint density at radius 2 is 1.57 bits per heavy atom. The molecular weight excluding hydrogens is 552 g/mol. The maximum atomic E-state index is 13.6. The van der Waals surface area contributed by atoms with Crippen LogP contribution >= 0.6 is 11.6 Å². The number of anilines is 2. The first kappa shape index (κ1) is 29.7. The molecule has 2 aliphatic heterocycles. The quantitative estimate of drug-likeness (QED) is 0.329. The van der Waals surface area contributed by atoms with E-state index in [0.29, 0.717) is 25.1 Å². The molecule has 2 saturated heterocycles. The lowest BCUT2D eigenvalue weighted by atomic mass is 9.83. The Labute approximate surface area is 253 Å². The van der Waals surface area contributed by atoms with Crippen LogP contribution in [0.5, 0.6) is 11.5 Å². The van der Waals surface area contributed by atoms with Crippen LogP contribution in [0.25, 0.3) is 0 Å². The zero-order valence-corrected chi connectivity index (χ0v) is 25.1. The van der Waals surface area contributed by atoms with E-state index >= 15 is 0 Å². The molecule has 3 aromatic carbocycles. The summed E-state index contributed by atoms with van der Waals surface area (Å²) in [5, 5.41) is 3.95. The minimum atomic E-state index is -0.426. The molecule has 2 amide bonds. The van der Waals surface area contributed by atoms with E-state index in [2.05, 4.69) is 21.2 Å². The molecule has 1 N–H and O–H groups in total. The highest BCUT2D eigenvalue weighted by molar-refractivity contribution is 6.30. The number of benzene rings is 3. The van der Waals surface area contributed by atoms with E-state index in [0.717, 1.165) is 66.9 Å². The summed E-state index contributed by atoms with van der Waals surface area (Å²) in [5.41, 5.74) is 2.81. The molecule has 42 heavy (non-hydrogen) atoms. The van der Waals surface area contributed by atoms with Gasteiger partial charge in [0.1, 0.15) is 11.5 Å². The van der Waals surface area contributed by atoms with Gasteiger partial charge in [0.15, 0.2) is 0 Å². The summed E-state index contributed by atoms with van der Waals surface area (Å²) in [5.74, 6) is 1.05.